The van der Waals surface area contributed by atoms with Gasteiger partial charge in [-0.2, -0.15) is 13.2 Å². The van der Waals surface area contributed by atoms with Crippen molar-refractivity contribution in [2.24, 2.45) is 0 Å². The maximum atomic E-state index is 13.0. The lowest BCUT2D eigenvalue weighted by Gasteiger charge is -2.26. The van der Waals surface area contributed by atoms with Gasteiger partial charge in [0.05, 0.1) is 12.2 Å². The van der Waals surface area contributed by atoms with E-state index in [4.69, 9.17) is 4.74 Å². The van der Waals surface area contributed by atoms with Crippen LogP contribution in [0.15, 0.2) is 18.2 Å². The molecule has 0 spiro atoms. The Balaban J connectivity index is 2.07. The van der Waals surface area contributed by atoms with Crippen molar-refractivity contribution in [3.8, 4) is 0 Å². The molecule has 1 saturated heterocycles. The summed E-state index contributed by atoms with van der Waals surface area (Å²) in [6, 6.07) is 4.14. The fraction of sp³-hybridized carbons (Fsp3) is 0.632. The van der Waals surface area contributed by atoms with E-state index in [2.05, 4.69) is 5.32 Å². The van der Waals surface area contributed by atoms with Gasteiger partial charge in [-0.1, -0.05) is 6.07 Å². The lowest BCUT2D eigenvalue weighted by Crippen LogP contribution is -2.27. The number of aryl methyl sites for hydroxylation is 1. The van der Waals surface area contributed by atoms with Crippen LogP contribution in [0.4, 0.5) is 13.2 Å². The average molecular weight is 357 g/mol. The zero-order valence-electron chi connectivity index (χ0n) is 14.6. The summed E-state index contributed by atoms with van der Waals surface area (Å²) in [5, 5.41) is 3.28. The zero-order valence-corrected chi connectivity index (χ0v) is 14.6. The maximum absolute atomic E-state index is 13.0. The molecule has 0 amide bonds. The van der Waals surface area contributed by atoms with Gasteiger partial charge in [-0.25, -0.2) is 0 Å². The number of carbonyl (C=O) groups is 1. The van der Waals surface area contributed by atoms with Gasteiger partial charge in [0.15, 0.2) is 0 Å². The number of piperidine rings is 1. The molecule has 1 aliphatic heterocycles. The van der Waals surface area contributed by atoms with Crippen molar-refractivity contribution in [1.82, 2.24) is 5.32 Å². The van der Waals surface area contributed by atoms with Gasteiger partial charge in [-0.3, -0.25) is 4.79 Å². The van der Waals surface area contributed by atoms with Gasteiger partial charge in [0, 0.05) is 6.42 Å². The second-order valence-corrected chi connectivity index (χ2v) is 6.45. The zero-order chi connectivity index (χ0) is 18.3. The lowest BCUT2D eigenvalue weighted by atomic mass is 9.85. The van der Waals surface area contributed by atoms with Gasteiger partial charge in [-0.15, -0.1) is 0 Å². The number of halogens is 3. The third-order valence-corrected chi connectivity index (χ3v) is 4.63. The van der Waals surface area contributed by atoms with E-state index in [-0.39, 0.29) is 5.97 Å². The van der Waals surface area contributed by atoms with Gasteiger partial charge < -0.3 is 10.1 Å². The molecule has 2 rings (SSSR count). The van der Waals surface area contributed by atoms with Gasteiger partial charge >= 0.3 is 12.1 Å². The third kappa shape index (κ3) is 6.03. The summed E-state index contributed by atoms with van der Waals surface area (Å²) in [5.74, 6) is 0.0636. The van der Waals surface area contributed by atoms with E-state index in [1.54, 1.807) is 13.0 Å². The highest BCUT2D eigenvalue weighted by Crippen LogP contribution is 2.35. The van der Waals surface area contributed by atoms with Crippen LogP contribution in [-0.2, 0) is 22.1 Å². The van der Waals surface area contributed by atoms with Crippen molar-refractivity contribution in [2.45, 2.75) is 57.5 Å². The first-order valence-electron chi connectivity index (χ1n) is 8.98. The molecule has 0 saturated carbocycles. The van der Waals surface area contributed by atoms with Crippen LogP contribution < -0.4 is 5.32 Å². The number of hydrogen-bond acceptors (Lipinski definition) is 3. The van der Waals surface area contributed by atoms with Crippen LogP contribution in [-0.4, -0.2) is 25.7 Å². The normalized spacial score (nSPS) is 16.0. The Morgan fingerprint density at radius 3 is 2.60 bits per heavy atom. The number of esters is 1. The minimum Gasteiger partial charge on any atom is -0.466 e. The molecule has 0 aliphatic carbocycles. The fourth-order valence-electron chi connectivity index (χ4n) is 3.35. The molecular weight excluding hydrogens is 331 g/mol. The molecule has 140 valence electrons. The van der Waals surface area contributed by atoms with E-state index >= 15 is 0 Å². The molecule has 1 fully saturated rings. The molecule has 1 aromatic rings. The highest BCUT2D eigenvalue weighted by Gasteiger charge is 2.31. The van der Waals surface area contributed by atoms with Crippen molar-refractivity contribution >= 4 is 5.97 Å². The SMILES string of the molecule is CCOC(=O)CCCCc1cc(C(F)(F)F)ccc1C1CCNCC1. The van der Waals surface area contributed by atoms with E-state index in [0.717, 1.165) is 37.1 Å². The molecule has 25 heavy (non-hydrogen) atoms. The number of hydrogen-bond donors (Lipinski definition) is 1. The van der Waals surface area contributed by atoms with E-state index < -0.39 is 11.7 Å². The monoisotopic (exact) mass is 357 g/mol. The number of nitrogens with one attached hydrogen (secondary N) is 1. The van der Waals surface area contributed by atoms with Crippen molar-refractivity contribution in [3.05, 3.63) is 34.9 Å². The van der Waals surface area contributed by atoms with Crippen LogP contribution in [0.3, 0.4) is 0 Å². The average Bonchev–Trinajstić information content (AvgIpc) is 2.59. The van der Waals surface area contributed by atoms with Crippen LogP contribution in [0, 0.1) is 0 Å². The van der Waals surface area contributed by atoms with Crippen LogP contribution in [0.5, 0.6) is 0 Å². The number of unbranched alkanes of at least 4 members (excludes halogenated alkanes) is 1. The minimum absolute atomic E-state index is 0.245. The molecule has 0 aromatic heterocycles. The topological polar surface area (TPSA) is 38.3 Å². The van der Waals surface area contributed by atoms with Gasteiger partial charge in [0.25, 0.3) is 0 Å². The Morgan fingerprint density at radius 1 is 1.24 bits per heavy atom. The molecule has 1 aromatic carbocycles. The summed E-state index contributed by atoms with van der Waals surface area (Å²) in [6.45, 7) is 3.90. The predicted octanol–water partition coefficient (Wildman–Crippen LogP) is 4.45. The van der Waals surface area contributed by atoms with Crippen molar-refractivity contribution in [3.63, 3.8) is 0 Å². The third-order valence-electron chi connectivity index (χ3n) is 4.63. The molecule has 6 heteroatoms. The molecule has 0 radical (unpaired) electrons. The Bertz CT molecular complexity index is 566. The Labute approximate surface area is 146 Å². The number of ether oxygens (including phenoxy) is 1. The Kier molecular flexibility index (Phi) is 7.29. The largest absolute Gasteiger partial charge is 0.466 e. The van der Waals surface area contributed by atoms with Crippen molar-refractivity contribution in [1.29, 1.82) is 0 Å². The van der Waals surface area contributed by atoms with E-state index in [9.17, 15) is 18.0 Å². The molecule has 1 heterocycles. The fourth-order valence-corrected chi connectivity index (χ4v) is 3.35. The van der Waals surface area contributed by atoms with Crippen LogP contribution in [0.2, 0.25) is 0 Å². The molecule has 1 aliphatic rings. The molecule has 0 bridgehead atoms. The first kappa shape index (κ1) is 19.8. The number of rotatable bonds is 7. The lowest BCUT2D eigenvalue weighted by molar-refractivity contribution is -0.143. The summed E-state index contributed by atoms with van der Waals surface area (Å²) in [5.41, 5.74) is 1.21. The minimum atomic E-state index is -4.33. The number of benzene rings is 1. The second kappa shape index (κ2) is 9.22. The number of carbonyl (C=O) groups excluding carboxylic acids is 1. The van der Waals surface area contributed by atoms with E-state index in [1.807, 2.05) is 0 Å². The highest BCUT2D eigenvalue weighted by molar-refractivity contribution is 5.69. The van der Waals surface area contributed by atoms with E-state index in [0.29, 0.717) is 38.2 Å². The highest BCUT2D eigenvalue weighted by atomic mass is 19.4. The Hall–Kier alpha value is -1.56. The smallest absolute Gasteiger partial charge is 0.416 e. The summed E-state index contributed by atoms with van der Waals surface area (Å²) in [4.78, 5) is 11.4. The number of alkyl halides is 3. The first-order valence-corrected chi connectivity index (χ1v) is 8.98. The van der Waals surface area contributed by atoms with Crippen LogP contribution >= 0.6 is 0 Å². The van der Waals surface area contributed by atoms with Crippen molar-refractivity contribution in [2.75, 3.05) is 19.7 Å². The second-order valence-electron chi connectivity index (χ2n) is 6.45. The van der Waals surface area contributed by atoms with Gasteiger partial charge in [0.2, 0.25) is 0 Å². The first-order chi connectivity index (χ1) is 11.9. The molecule has 0 unspecified atom stereocenters. The standard InChI is InChI=1S/C19H26F3NO2/c1-2-25-18(24)6-4-3-5-15-13-16(19(20,21)22)7-8-17(15)14-9-11-23-12-10-14/h7-8,13-14,23H,2-6,9-12H2,1H3. The van der Waals surface area contributed by atoms with Gasteiger partial charge in [-0.05, 0) is 81.3 Å². The van der Waals surface area contributed by atoms with Gasteiger partial charge in [0.1, 0.15) is 0 Å². The predicted molar refractivity (Wildman–Crippen MR) is 90.5 cm³/mol. The quantitative estimate of drug-likeness (QED) is 0.579. The maximum Gasteiger partial charge on any atom is 0.416 e. The molecule has 1 N–H and O–H groups in total. The molecular formula is C19H26F3NO2. The summed E-state index contributed by atoms with van der Waals surface area (Å²) in [7, 11) is 0. The summed E-state index contributed by atoms with van der Waals surface area (Å²) >= 11 is 0. The van der Waals surface area contributed by atoms with Crippen LogP contribution in [0.25, 0.3) is 0 Å². The summed E-state index contributed by atoms with van der Waals surface area (Å²) in [6.07, 6.45) is -0.258. The van der Waals surface area contributed by atoms with E-state index in [1.165, 1.54) is 12.1 Å². The summed E-state index contributed by atoms with van der Waals surface area (Å²) < 4.78 is 44.0. The molecule has 0 atom stereocenters. The van der Waals surface area contributed by atoms with Crippen LogP contribution in [0.1, 0.15) is 61.6 Å². The Morgan fingerprint density at radius 2 is 1.96 bits per heavy atom. The molecule has 3 nitrogen and oxygen atoms in total. The van der Waals surface area contributed by atoms with Crippen molar-refractivity contribution < 1.29 is 22.7 Å².